The molecule has 3 rings (SSSR count). The Balaban J connectivity index is 1.80. The van der Waals surface area contributed by atoms with E-state index in [0.29, 0.717) is 5.92 Å². The molecular formula is C16H22N4O. The zero-order chi connectivity index (χ0) is 14.8. The first-order valence-electron chi connectivity index (χ1n) is 7.56. The minimum absolute atomic E-state index is 0.360. The van der Waals surface area contributed by atoms with Gasteiger partial charge in [-0.1, -0.05) is 30.3 Å². The van der Waals surface area contributed by atoms with E-state index >= 15 is 0 Å². The normalized spacial score (nSPS) is 22.2. The molecule has 1 aromatic carbocycles. The lowest BCUT2D eigenvalue weighted by atomic mass is 9.93. The summed E-state index contributed by atoms with van der Waals surface area (Å²) < 4.78 is 1.95. The smallest absolute Gasteiger partial charge is 0.0843 e. The lowest BCUT2D eigenvalue weighted by Gasteiger charge is -2.32. The van der Waals surface area contributed by atoms with E-state index in [9.17, 15) is 0 Å². The van der Waals surface area contributed by atoms with Crippen LogP contribution in [0.25, 0.3) is 10.9 Å². The fraction of sp³-hybridized carbons (Fsp3) is 0.500. The van der Waals surface area contributed by atoms with Crippen molar-refractivity contribution in [1.29, 1.82) is 0 Å². The minimum Gasteiger partial charge on any atom is -0.411 e. The molecule has 1 saturated heterocycles. The van der Waals surface area contributed by atoms with E-state index in [1.54, 1.807) is 0 Å². The third-order valence-corrected chi connectivity index (χ3v) is 4.46. The summed E-state index contributed by atoms with van der Waals surface area (Å²) in [5.41, 5.74) is 3.25. The number of piperidine rings is 1. The summed E-state index contributed by atoms with van der Waals surface area (Å²) in [6.07, 6.45) is 1.86. The van der Waals surface area contributed by atoms with Crippen LogP contribution in [-0.2, 0) is 13.6 Å². The maximum atomic E-state index is 9.07. The molecule has 1 unspecified atom stereocenters. The number of nitrogens with zero attached hydrogens (tertiary/aromatic N) is 4. The van der Waals surface area contributed by atoms with Crippen molar-refractivity contribution in [2.45, 2.75) is 26.3 Å². The van der Waals surface area contributed by atoms with Gasteiger partial charge in [-0.3, -0.25) is 9.58 Å². The summed E-state index contributed by atoms with van der Waals surface area (Å²) in [6, 6.07) is 8.35. The fourth-order valence-electron chi connectivity index (χ4n) is 3.24. The Morgan fingerprint density at radius 3 is 2.95 bits per heavy atom. The van der Waals surface area contributed by atoms with Crippen LogP contribution in [0.15, 0.2) is 29.4 Å². The number of aromatic nitrogens is 2. The summed E-state index contributed by atoms with van der Waals surface area (Å²) in [7, 11) is 1.99. The quantitative estimate of drug-likeness (QED) is 0.697. The summed E-state index contributed by atoms with van der Waals surface area (Å²) in [6.45, 7) is 4.88. The average molecular weight is 286 g/mol. The maximum Gasteiger partial charge on any atom is 0.0843 e. The topological polar surface area (TPSA) is 53.7 Å². The van der Waals surface area contributed by atoms with Crippen molar-refractivity contribution in [3.8, 4) is 0 Å². The number of likely N-dealkylation sites (tertiary alicyclic amines) is 1. The van der Waals surface area contributed by atoms with E-state index in [1.165, 1.54) is 10.9 Å². The molecule has 1 aliphatic rings. The molecule has 0 aliphatic carbocycles. The van der Waals surface area contributed by atoms with Gasteiger partial charge in [-0.05, 0) is 12.5 Å². The van der Waals surface area contributed by atoms with Gasteiger partial charge in [0, 0.05) is 44.4 Å². The van der Waals surface area contributed by atoms with Crippen LogP contribution in [0.5, 0.6) is 0 Å². The average Bonchev–Trinajstić information content (AvgIpc) is 2.84. The first-order chi connectivity index (χ1) is 10.2. The number of hydrogen-bond donors (Lipinski definition) is 1. The zero-order valence-corrected chi connectivity index (χ0v) is 12.7. The van der Waals surface area contributed by atoms with Gasteiger partial charge in [-0.2, -0.15) is 5.10 Å². The molecule has 2 heterocycles. The molecule has 1 N–H and O–H groups in total. The van der Waals surface area contributed by atoms with Gasteiger partial charge in [0.15, 0.2) is 0 Å². The van der Waals surface area contributed by atoms with Crippen molar-refractivity contribution in [3.63, 3.8) is 0 Å². The second kappa shape index (κ2) is 5.85. The van der Waals surface area contributed by atoms with Gasteiger partial charge >= 0.3 is 0 Å². The number of fused-ring (bicyclic) bond motifs is 1. The van der Waals surface area contributed by atoms with Crippen LogP contribution in [0.3, 0.4) is 0 Å². The Bertz CT molecular complexity index is 661. The number of rotatable bonds is 3. The minimum atomic E-state index is 0.360. The van der Waals surface area contributed by atoms with Gasteiger partial charge in [0.05, 0.1) is 16.9 Å². The Kier molecular flexibility index (Phi) is 3.92. The summed E-state index contributed by atoms with van der Waals surface area (Å²) in [4.78, 5) is 2.41. The van der Waals surface area contributed by atoms with Gasteiger partial charge < -0.3 is 5.21 Å². The van der Waals surface area contributed by atoms with Crippen LogP contribution >= 0.6 is 0 Å². The van der Waals surface area contributed by atoms with Crippen LogP contribution < -0.4 is 0 Å². The van der Waals surface area contributed by atoms with Crippen LogP contribution in [0, 0.1) is 5.92 Å². The molecule has 5 nitrogen and oxygen atoms in total. The van der Waals surface area contributed by atoms with Crippen molar-refractivity contribution >= 4 is 16.6 Å². The van der Waals surface area contributed by atoms with Gasteiger partial charge in [0.1, 0.15) is 0 Å². The highest BCUT2D eigenvalue weighted by molar-refractivity contribution is 5.87. The summed E-state index contributed by atoms with van der Waals surface area (Å²) >= 11 is 0. The van der Waals surface area contributed by atoms with Crippen molar-refractivity contribution in [2.24, 2.45) is 18.1 Å². The van der Waals surface area contributed by atoms with Gasteiger partial charge in [0.2, 0.25) is 0 Å². The first-order valence-corrected chi connectivity index (χ1v) is 7.56. The molecule has 0 spiro atoms. The Hall–Kier alpha value is -1.88. The van der Waals surface area contributed by atoms with Crippen molar-refractivity contribution in [1.82, 2.24) is 14.7 Å². The van der Waals surface area contributed by atoms with Crippen molar-refractivity contribution in [3.05, 3.63) is 30.0 Å². The van der Waals surface area contributed by atoms with Crippen molar-refractivity contribution in [2.75, 3.05) is 13.1 Å². The molecule has 1 fully saturated rings. The molecule has 2 aromatic rings. The van der Waals surface area contributed by atoms with Crippen LogP contribution in [0.2, 0.25) is 0 Å². The number of benzene rings is 1. The zero-order valence-electron chi connectivity index (χ0n) is 12.7. The molecule has 0 amide bonds. The SMILES string of the molecule is CCC1CN(Cc2nn(C)c3ccccc23)CC/C1=N\O. The third kappa shape index (κ3) is 2.65. The fourth-order valence-corrected chi connectivity index (χ4v) is 3.24. The van der Waals surface area contributed by atoms with Crippen LogP contribution in [0.1, 0.15) is 25.5 Å². The summed E-state index contributed by atoms with van der Waals surface area (Å²) in [5, 5.41) is 18.4. The highest BCUT2D eigenvalue weighted by atomic mass is 16.4. The highest BCUT2D eigenvalue weighted by Gasteiger charge is 2.25. The van der Waals surface area contributed by atoms with Gasteiger partial charge in [-0.25, -0.2) is 0 Å². The number of hydrogen-bond acceptors (Lipinski definition) is 4. The summed E-state index contributed by atoms with van der Waals surface area (Å²) in [5.74, 6) is 0.360. The second-order valence-electron chi connectivity index (χ2n) is 5.77. The molecule has 1 atom stereocenters. The molecule has 1 aliphatic heterocycles. The predicted molar refractivity (Wildman–Crippen MR) is 83.6 cm³/mol. The van der Waals surface area contributed by atoms with E-state index in [2.05, 4.69) is 40.3 Å². The number of para-hydroxylation sites is 1. The van der Waals surface area contributed by atoms with Crippen LogP contribution in [-0.4, -0.2) is 38.7 Å². The van der Waals surface area contributed by atoms with Crippen molar-refractivity contribution < 1.29 is 5.21 Å². The number of oxime groups is 1. The molecule has 1 aromatic heterocycles. The van der Waals surface area contributed by atoms with Gasteiger partial charge in [0.25, 0.3) is 0 Å². The van der Waals surface area contributed by atoms with E-state index in [0.717, 1.165) is 43.9 Å². The Morgan fingerprint density at radius 2 is 2.19 bits per heavy atom. The molecular weight excluding hydrogens is 264 g/mol. The Morgan fingerprint density at radius 1 is 1.38 bits per heavy atom. The third-order valence-electron chi connectivity index (χ3n) is 4.46. The Labute approximate surface area is 124 Å². The molecule has 0 radical (unpaired) electrons. The molecule has 112 valence electrons. The lowest BCUT2D eigenvalue weighted by molar-refractivity contribution is 0.218. The standard InChI is InChI=1S/C16H22N4O/c1-3-12-10-20(9-8-14(12)18-21)11-15-13-6-4-5-7-16(13)19(2)17-15/h4-7,12,21H,3,8-11H2,1-2H3/b18-14+. The molecule has 5 heteroatoms. The number of aryl methyl sites for hydroxylation is 1. The van der Waals surface area contributed by atoms with Gasteiger partial charge in [-0.15, -0.1) is 0 Å². The highest BCUT2D eigenvalue weighted by Crippen LogP contribution is 2.23. The van der Waals surface area contributed by atoms with E-state index < -0.39 is 0 Å². The largest absolute Gasteiger partial charge is 0.411 e. The maximum absolute atomic E-state index is 9.07. The van der Waals surface area contributed by atoms with E-state index in [-0.39, 0.29) is 0 Å². The first kappa shape index (κ1) is 14.1. The second-order valence-corrected chi connectivity index (χ2v) is 5.77. The van der Waals surface area contributed by atoms with E-state index in [1.807, 2.05) is 17.8 Å². The predicted octanol–water partition coefficient (Wildman–Crippen LogP) is 2.64. The van der Waals surface area contributed by atoms with Crippen LogP contribution in [0.4, 0.5) is 0 Å². The molecule has 0 bridgehead atoms. The molecule has 0 saturated carbocycles. The monoisotopic (exact) mass is 286 g/mol. The lowest BCUT2D eigenvalue weighted by Crippen LogP contribution is -2.40. The molecule has 21 heavy (non-hydrogen) atoms. The van der Waals surface area contributed by atoms with E-state index in [4.69, 9.17) is 5.21 Å².